The number of nitrogens with one attached hydrogen (secondary N) is 2. The molecule has 2 amide bonds. The minimum absolute atomic E-state index is 0.0440. The number of nitrogen functional groups attached to an aromatic ring is 1. The number of nitrogens with two attached hydrogens (primary N) is 1. The van der Waals surface area contributed by atoms with E-state index in [2.05, 4.69) is 10.6 Å². The zero-order chi connectivity index (χ0) is 18.4. The Kier molecular flexibility index (Phi) is 5.73. The van der Waals surface area contributed by atoms with E-state index in [0.717, 1.165) is 30.5 Å². The normalized spacial score (nSPS) is 13.1. The number of amides is 2. The van der Waals surface area contributed by atoms with Crippen LogP contribution in [0.2, 0.25) is 0 Å². The van der Waals surface area contributed by atoms with Crippen molar-refractivity contribution in [2.24, 2.45) is 5.92 Å². The zero-order valence-corrected chi connectivity index (χ0v) is 14.5. The molecule has 0 aromatic heterocycles. The third kappa shape index (κ3) is 5.51. The molecule has 3 rings (SSSR count). The molecule has 26 heavy (non-hydrogen) atoms. The van der Waals surface area contributed by atoms with Crippen LogP contribution in [-0.2, 0) is 16.0 Å². The highest BCUT2D eigenvalue weighted by Gasteiger charge is 2.29. The summed E-state index contributed by atoms with van der Waals surface area (Å²) in [4.78, 5) is 23.7. The van der Waals surface area contributed by atoms with E-state index in [0.29, 0.717) is 18.0 Å². The molecule has 1 fully saturated rings. The zero-order valence-electron chi connectivity index (χ0n) is 14.5. The SMILES string of the molecule is Nc1ccc(CCNC(=O)COc2cccc(NC(=O)C3CC3)c2)cc1. The van der Waals surface area contributed by atoms with Crippen LogP contribution >= 0.6 is 0 Å². The molecule has 2 aromatic carbocycles. The van der Waals surface area contributed by atoms with Crippen molar-refractivity contribution in [3.05, 3.63) is 54.1 Å². The molecule has 0 bridgehead atoms. The number of hydrogen-bond donors (Lipinski definition) is 3. The first-order valence-corrected chi connectivity index (χ1v) is 8.75. The van der Waals surface area contributed by atoms with Crippen molar-refractivity contribution >= 4 is 23.2 Å². The number of benzene rings is 2. The van der Waals surface area contributed by atoms with Crippen LogP contribution in [-0.4, -0.2) is 25.0 Å². The van der Waals surface area contributed by atoms with Crippen molar-refractivity contribution in [1.29, 1.82) is 0 Å². The van der Waals surface area contributed by atoms with Gasteiger partial charge in [0.25, 0.3) is 5.91 Å². The van der Waals surface area contributed by atoms with Crippen molar-refractivity contribution in [2.45, 2.75) is 19.3 Å². The molecule has 1 aliphatic rings. The van der Waals surface area contributed by atoms with Crippen LogP contribution in [0.4, 0.5) is 11.4 Å². The van der Waals surface area contributed by atoms with Crippen LogP contribution in [0.1, 0.15) is 18.4 Å². The van der Waals surface area contributed by atoms with E-state index in [1.165, 1.54) is 0 Å². The summed E-state index contributed by atoms with van der Waals surface area (Å²) in [5, 5.41) is 5.68. The average Bonchev–Trinajstić information content (AvgIpc) is 3.47. The van der Waals surface area contributed by atoms with Gasteiger partial charge in [-0.1, -0.05) is 18.2 Å². The first-order chi connectivity index (χ1) is 12.6. The molecule has 6 nitrogen and oxygen atoms in total. The highest BCUT2D eigenvalue weighted by molar-refractivity contribution is 5.94. The Balaban J connectivity index is 1.39. The van der Waals surface area contributed by atoms with Gasteiger partial charge in [0.2, 0.25) is 5.91 Å². The summed E-state index contributed by atoms with van der Waals surface area (Å²) in [5.41, 5.74) is 8.16. The van der Waals surface area contributed by atoms with E-state index in [9.17, 15) is 9.59 Å². The molecule has 1 saturated carbocycles. The van der Waals surface area contributed by atoms with Gasteiger partial charge in [0, 0.05) is 29.9 Å². The van der Waals surface area contributed by atoms with E-state index in [1.54, 1.807) is 24.3 Å². The summed E-state index contributed by atoms with van der Waals surface area (Å²) in [7, 11) is 0. The monoisotopic (exact) mass is 353 g/mol. The fraction of sp³-hybridized carbons (Fsp3) is 0.300. The second kappa shape index (κ2) is 8.38. The van der Waals surface area contributed by atoms with Gasteiger partial charge in [-0.15, -0.1) is 0 Å². The lowest BCUT2D eigenvalue weighted by Crippen LogP contribution is -2.30. The fourth-order valence-electron chi connectivity index (χ4n) is 2.48. The van der Waals surface area contributed by atoms with E-state index in [1.807, 2.05) is 24.3 Å². The van der Waals surface area contributed by atoms with Crippen molar-refractivity contribution < 1.29 is 14.3 Å². The van der Waals surface area contributed by atoms with Gasteiger partial charge in [-0.2, -0.15) is 0 Å². The summed E-state index contributed by atoms with van der Waals surface area (Å²) in [6, 6.07) is 14.6. The van der Waals surface area contributed by atoms with Gasteiger partial charge in [-0.05, 0) is 49.1 Å². The maximum absolute atomic E-state index is 11.9. The minimum Gasteiger partial charge on any atom is -0.484 e. The molecule has 0 unspecified atom stereocenters. The molecule has 6 heteroatoms. The molecule has 2 aromatic rings. The molecule has 0 aliphatic heterocycles. The number of carbonyl (C=O) groups excluding carboxylic acids is 2. The van der Waals surface area contributed by atoms with E-state index in [-0.39, 0.29) is 24.3 Å². The Morgan fingerprint density at radius 2 is 1.88 bits per heavy atom. The summed E-state index contributed by atoms with van der Waals surface area (Å²) in [6.45, 7) is 0.464. The van der Waals surface area contributed by atoms with Crippen LogP contribution in [0.15, 0.2) is 48.5 Å². The van der Waals surface area contributed by atoms with Crippen LogP contribution < -0.4 is 21.1 Å². The predicted molar refractivity (Wildman–Crippen MR) is 101 cm³/mol. The Morgan fingerprint density at radius 3 is 2.62 bits per heavy atom. The van der Waals surface area contributed by atoms with Gasteiger partial charge in [-0.25, -0.2) is 0 Å². The number of hydrogen-bond acceptors (Lipinski definition) is 4. The lowest BCUT2D eigenvalue weighted by Gasteiger charge is -2.10. The highest BCUT2D eigenvalue weighted by atomic mass is 16.5. The Bertz CT molecular complexity index is 770. The molecule has 0 radical (unpaired) electrons. The van der Waals surface area contributed by atoms with Crippen molar-refractivity contribution in [3.63, 3.8) is 0 Å². The molecule has 0 atom stereocenters. The first-order valence-electron chi connectivity index (χ1n) is 8.75. The highest BCUT2D eigenvalue weighted by Crippen LogP contribution is 2.30. The van der Waals surface area contributed by atoms with Gasteiger partial charge in [0.15, 0.2) is 6.61 Å². The van der Waals surface area contributed by atoms with Crippen molar-refractivity contribution in [3.8, 4) is 5.75 Å². The molecular formula is C20H23N3O3. The second-order valence-electron chi connectivity index (χ2n) is 6.42. The summed E-state index contributed by atoms with van der Waals surface area (Å²) >= 11 is 0. The maximum Gasteiger partial charge on any atom is 0.257 e. The quantitative estimate of drug-likeness (QED) is 0.635. The lowest BCUT2D eigenvalue weighted by atomic mass is 10.1. The molecular weight excluding hydrogens is 330 g/mol. The third-order valence-electron chi connectivity index (χ3n) is 4.14. The van der Waals surface area contributed by atoms with Gasteiger partial charge in [-0.3, -0.25) is 9.59 Å². The average molecular weight is 353 g/mol. The van der Waals surface area contributed by atoms with Crippen LogP contribution in [0.5, 0.6) is 5.75 Å². The van der Waals surface area contributed by atoms with Crippen LogP contribution in [0.25, 0.3) is 0 Å². The number of anilines is 2. The van der Waals surface area contributed by atoms with E-state index < -0.39 is 0 Å². The van der Waals surface area contributed by atoms with E-state index >= 15 is 0 Å². The Hall–Kier alpha value is -3.02. The number of rotatable bonds is 8. The fourth-order valence-corrected chi connectivity index (χ4v) is 2.48. The molecule has 0 spiro atoms. The second-order valence-corrected chi connectivity index (χ2v) is 6.42. The van der Waals surface area contributed by atoms with Crippen LogP contribution in [0, 0.1) is 5.92 Å². The van der Waals surface area contributed by atoms with Gasteiger partial charge in [0.1, 0.15) is 5.75 Å². The van der Waals surface area contributed by atoms with E-state index in [4.69, 9.17) is 10.5 Å². The van der Waals surface area contributed by atoms with Gasteiger partial charge >= 0.3 is 0 Å². The summed E-state index contributed by atoms with van der Waals surface area (Å²) < 4.78 is 5.50. The van der Waals surface area contributed by atoms with Crippen molar-refractivity contribution in [2.75, 3.05) is 24.2 Å². The standard InChI is InChI=1S/C20H23N3O3/c21-16-8-4-14(5-9-16)10-11-22-19(24)13-26-18-3-1-2-17(12-18)23-20(25)15-6-7-15/h1-5,8-9,12,15H,6-7,10-11,13,21H2,(H,22,24)(H,23,25). The topological polar surface area (TPSA) is 93.4 Å². The summed E-state index contributed by atoms with van der Waals surface area (Å²) in [5.74, 6) is 0.550. The van der Waals surface area contributed by atoms with Gasteiger partial charge in [0.05, 0.1) is 0 Å². The predicted octanol–water partition coefficient (Wildman–Crippen LogP) is 2.35. The van der Waals surface area contributed by atoms with Gasteiger partial charge < -0.3 is 21.1 Å². The largest absolute Gasteiger partial charge is 0.484 e. The minimum atomic E-state index is -0.187. The maximum atomic E-state index is 11.9. The van der Waals surface area contributed by atoms with Crippen LogP contribution in [0.3, 0.4) is 0 Å². The van der Waals surface area contributed by atoms with Crippen molar-refractivity contribution in [1.82, 2.24) is 5.32 Å². The molecule has 4 N–H and O–H groups in total. The first kappa shape index (κ1) is 17.8. The number of carbonyl (C=O) groups is 2. The molecule has 136 valence electrons. The Morgan fingerprint density at radius 1 is 1.12 bits per heavy atom. The third-order valence-corrected chi connectivity index (χ3v) is 4.14. The lowest BCUT2D eigenvalue weighted by molar-refractivity contribution is -0.123. The number of ether oxygens (including phenoxy) is 1. The smallest absolute Gasteiger partial charge is 0.257 e. The molecule has 0 heterocycles. The molecule has 0 saturated heterocycles. The molecule has 1 aliphatic carbocycles. The summed E-state index contributed by atoms with van der Waals surface area (Å²) in [6.07, 6.45) is 2.64. The Labute approximate surface area is 152 Å².